The monoisotopic (exact) mass is 525 g/mol. The van der Waals surface area contributed by atoms with Crippen LogP contribution < -0.4 is 16.2 Å². The molecule has 0 unspecified atom stereocenters. The second kappa shape index (κ2) is 12.5. The van der Waals surface area contributed by atoms with Gasteiger partial charge < -0.3 is 25.3 Å². The number of nitrogens with one attached hydrogen (secondary N) is 3. The molecule has 2 aliphatic rings. The van der Waals surface area contributed by atoms with Crippen LogP contribution >= 0.6 is 0 Å². The molecule has 0 radical (unpaired) electrons. The Labute approximate surface area is 222 Å². The van der Waals surface area contributed by atoms with Gasteiger partial charge in [-0.25, -0.2) is 4.98 Å². The lowest BCUT2D eigenvalue weighted by atomic mass is 9.73. The molecule has 206 valence electrons. The van der Waals surface area contributed by atoms with E-state index in [-0.39, 0.29) is 29.3 Å². The van der Waals surface area contributed by atoms with E-state index in [1.165, 1.54) is 0 Å². The number of likely N-dealkylation sites (tertiary alicyclic amines) is 1. The number of hydrogen-bond donors (Lipinski definition) is 3. The Kier molecular flexibility index (Phi) is 9.14. The van der Waals surface area contributed by atoms with Crippen molar-refractivity contribution in [2.45, 2.75) is 77.3 Å². The maximum absolute atomic E-state index is 13.4. The molecule has 2 aliphatic heterocycles. The van der Waals surface area contributed by atoms with Gasteiger partial charge in [0.15, 0.2) is 0 Å². The van der Waals surface area contributed by atoms with Crippen molar-refractivity contribution in [1.82, 2.24) is 25.5 Å². The zero-order valence-electron chi connectivity index (χ0n) is 22.4. The van der Waals surface area contributed by atoms with Crippen LogP contribution in [0.2, 0.25) is 0 Å². The summed E-state index contributed by atoms with van der Waals surface area (Å²) in [6.45, 7) is 5.64. The summed E-state index contributed by atoms with van der Waals surface area (Å²) >= 11 is 0. The van der Waals surface area contributed by atoms with Gasteiger partial charge in [-0.3, -0.25) is 19.2 Å². The van der Waals surface area contributed by atoms with Crippen molar-refractivity contribution in [3.63, 3.8) is 0 Å². The van der Waals surface area contributed by atoms with Crippen molar-refractivity contribution in [3.05, 3.63) is 40.4 Å². The number of benzene rings is 1. The fraction of sp³-hybridized carbons (Fsp3) is 0.607. The highest BCUT2D eigenvalue weighted by Gasteiger charge is 2.42. The second-order valence-electron chi connectivity index (χ2n) is 10.7. The standard InChI is InChI=1S/C28H39N5O5/c1-19-18-38-17-6-5-12-28(27(37)30-20(2)25(35)29-19)13-15-33(16-14-28)24(34)11-7-10-23-31-22-9-4-3-8-21(22)26(36)32-23/h3-4,8-9,19-20H,5-7,10-18H2,1-2H3,(H,29,35)(H,30,37)(H,31,32,36)/t19-,20-/m0/s1. The van der Waals surface area contributed by atoms with Crippen molar-refractivity contribution < 1.29 is 19.1 Å². The Morgan fingerprint density at radius 3 is 2.63 bits per heavy atom. The number of nitrogens with zero attached hydrogens (tertiary/aromatic N) is 2. The zero-order valence-corrected chi connectivity index (χ0v) is 22.4. The van der Waals surface area contributed by atoms with E-state index in [1.807, 2.05) is 24.0 Å². The number of H-pyrrole nitrogens is 1. The Bertz CT molecular complexity index is 1200. The number of aromatic amines is 1. The van der Waals surface area contributed by atoms with Gasteiger partial charge in [0.25, 0.3) is 5.56 Å². The highest BCUT2D eigenvalue weighted by Crippen LogP contribution is 2.37. The number of carbonyl (C=O) groups is 3. The molecule has 1 aromatic heterocycles. The Balaban J connectivity index is 1.32. The first kappa shape index (κ1) is 27.8. The van der Waals surface area contributed by atoms with Crippen LogP contribution in [-0.4, -0.2) is 71.0 Å². The number of carbonyl (C=O) groups excluding carboxylic acids is 3. The second-order valence-corrected chi connectivity index (χ2v) is 10.7. The molecular weight excluding hydrogens is 486 g/mol. The van der Waals surface area contributed by atoms with Crippen molar-refractivity contribution in [3.8, 4) is 0 Å². The molecule has 38 heavy (non-hydrogen) atoms. The number of fused-ring (bicyclic) bond motifs is 1. The van der Waals surface area contributed by atoms with Crippen LogP contribution in [0.5, 0.6) is 0 Å². The van der Waals surface area contributed by atoms with E-state index in [9.17, 15) is 19.2 Å². The number of aromatic nitrogens is 2. The average Bonchev–Trinajstić information content (AvgIpc) is 2.91. The lowest BCUT2D eigenvalue weighted by molar-refractivity contribution is -0.142. The molecule has 3 N–H and O–H groups in total. The van der Waals surface area contributed by atoms with E-state index in [2.05, 4.69) is 20.6 Å². The number of para-hydroxylation sites is 1. The summed E-state index contributed by atoms with van der Waals surface area (Å²) in [5.74, 6) is 0.296. The van der Waals surface area contributed by atoms with Crippen LogP contribution in [0.1, 0.15) is 64.6 Å². The predicted octanol–water partition coefficient (Wildman–Crippen LogP) is 2.06. The summed E-state index contributed by atoms with van der Waals surface area (Å²) in [5.41, 5.74) is -0.116. The maximum atomic E-state index is 13.4. The van der Waals surface area contributed by atoms with Crippen LogP contribution in [0.25, 0.3) is 10.9 Å². The van der Waals surface area contributed by atoms with Gasteiger partial charge >= 0.3 is 0 Å². The third kappa shape index (κ3) is 6.78. The van der Waals surface area contributed by atoms with Gasteiger partial charge in [-0.2, -0.15) is 0 Å². The molecule has 0 aliphatic carbocycles. The first-order chi connectivity index (χ1) is 18.3. The number of hydrogen-bond acceptors (Lipinski definition) is 6. The van der Waals surface area contributed by atoms with E-state index in [0.717, 1.165) is 12.8 Å². The largest absolute Gasteiger partial charge is 0.379 e. The molecule has 0 saturated carbocycles. The van der Waals surface area contributed by atoms with Crippen molar-refractivity contribution in [2.75, 3.05) is 26.3 Å². The fourth-order valence-electron chi connectivity index (χ4n) is 5.35. The molecule has 1 spiro atoms. The molecule has 2 atom stereocenters. The molecule has 3 amide bonds. The molecule has 3 heterocycles. The quantitative estimate of drug-likeness (QED) is 0.560. The SMILES string of the molecule is C[C@@H]1NC(=O)C2(CCCCOC[C@H](C)NC1=O)CCN(C(=O)CCCc1nc3ccccc3c(=O)[nH]1)CC2. The minimum absolute atomic E-state index is 0.0446. The van der Waals surface area contributed by atoms with E-state index < -0.39 is 11.5 Å². The summed E-state index contributed by atoms with van der Waals surface area (Å²) < 4.78 is 5.69. The van der Waals surface area contributed by atoms with Crippen LogP contribution in [0.3, 0.4) is 0 Å². The molecule has 4 rings (SSSR count). The Hall–Kier alpha value is -3.27. The predicted molar refractivity (Wildman–Crippen MR) is 143 cm³/mol. The first-order valence-electron chi connectivity index (χ1n) is 13.7. The smallest absolute Gasteiger partial charge is 0.258 e. The first-order valence-corrected chi connectivity index (χ1v) is 13.7. The average molecular weight is 526 g/mol. The minimum Gasteiger partial charge on any atom is -0.379 e. The van der Waals surface area contributed by atoms with Gasteiger partial charge in [0, 0.05) is 38.6 Å². The van der Waals surface area contributed by atoms with E-state index in [4.69, 9.17) is 4.74 Å². The molecule has 2 saturated heterocycles. The number of ether oxygens (including phenoxy) is 1. The van der Waals surface area contributed by atoms with Crippen molar-refractivity contribution in [1.29, 1.82) is 0 Å². The molecule has 0 bridgehead atoms. The normalized spacial score (nSPS) is 23.2. The summed E-state index contributed by atoms with van der Waals surface area (Å²) in [6, 6.07) is 6.44. The topological polar surface area (TPSA) is 133 Å². The highest BCUT2D eigenvalue weighted by atomic mass is 16.5. The molecule has 2 aromatic rings. The third-order valence-corrected chi connectivity index (χ3v) is 7.71. The lowest BCUT2D eigenvalue weighted by Gasteiger charge is -2.41. The minimum atomic E-state index is -0.641. The van der Waals surface area contributed by atoms with Crippen LogP contribution in [0.15, 0.2) is 29.1 Å². The third-order valence-electron chi connectivity index (χ3n) is 7.71. The van der Waals surface area contributed by atoms with E-state index >= 15 is 0 Å². The van der Waals surface area contributed by atoms with Crippen LogP contribution in [-0.2, 0) is 25.5 Å². The number of amides is 3. The summed E-state index contributed by atoms with van der Waals surface area (Å²) in [7, 11) is 0. The van der Waals surface area contributed by atoms with Crippen molar-refractivity contribution in [2.24, 2.45) is 5.41 Å². The number of rotatable bonds is 4. The van der Waals surface area contributed by atoms with Crippen molar-refractivity contribution >= 4 is 28.6 Å². The van der Waals surface area contributed by atoms with Gasteiger partial charge in [-0.1, -0.05) is 18.6 Å². The summed E-state index contributed by atoms with van der Waals surface area (Å²) in [5, 5.41) is 6.37. The maximum Gasteiger partial charge on any atom is 0.258 e. The number of aryl methyl sites for hydroxylation is 1. The Morgan fingerprint density at radius 2 is 1.84 bits per heavy atom. The van der Waals surface area contributed by atoms with Gasteiger partial charge in [-0.05, 0) is 58.1 Å². The molecule has 1 aromatic carbocycles. The highest BCUT2D eigenvalue weighted by molar-refractivity contribution is 5.90. The van der Waals surface area contributed by atoms with Gasteiger partial charge in [-0.15, -0.1) is 0 Å². The Morgan fingerprint density at radius 1 is 1.08 bits per heavy atom. The van der Waals surface area contributed by atoms with Gasteiger partial charge in [0.05, 0.1) is 22.9 Å². The van der Waals surface area contributed by atoms with Crippen LogP contribution in [0, 0.1) is 5.41 Å². The number of piperidine rings is 1. The fourth-order valence-corrected chi connectivity index (χ4v) is 5.35. The van der Waals surface area contributed by atoms with Gasteiger partial charge in [0.2, 0.25) is 17.7 Å². The van der Waals surface area contributed by atoms with Crippen LogP contribution in [0.4, 0.5) is 0 Å². The summed E-state index contributed by atoms with van der Waals surface area (Å²) in [4.78, 5) is 60.3. The van der Waals surface area contributed by atoms with Gasteiger partial charge in [0.1, 0.15) is 11.9 Å². The van der Waals surface area contributed by atoms with E-state index in [0.29, 0.717) is 81.6 Å². The lowest BCUT2D eigenvalue weighted by Crippen LogP contribution is -2.55. The van der Waals surface area contributed by atoms with E-state index in [1.54, 1.807) is 19.1 Å². The molecular formula is C28H39N5O5. The molecule has 10 nitrogen and oxygen atoms in total. The molecule has 10 heteroatoms. The summed E-state index contributed by atoms with van der Waals surface area (Å²) in [6.07, 6.45) is 4.96. The molecule has 2 fully saturated rings. The zero-order chi connectivity index (χ0) is 27.1.